The molecule has 2 saturated heterocycles. The number of carbonyl (C=O) groups is 3. The Hall–Kier alpha value is -3.10. The molecule has 1 aromatic carbocycles. The van der Waals surface area contributed by atoms with Crippen molar-refractivity contribution in [3.05, 3.63) is 59.4 Å². The van der Waals surface area contributed by atoms with Gasteiger partial charge in [0.2, 0.25) is 5.78 Å². The van der Waals surface area contributed by atoms with Crippen molar-refractivity contribution in [3.8, 4) is 5.75 Å². The first-order chi connectivity index (χ1) is 16.9. The van der Waals surface area contributed by atoms with Crippen molar-refractivity contribution >= 4 is 17.5 Å². The molecule has 1 amide bonds. The van der Waals surface area contributed by atoms with Gasteiger partial charge >= 0.3 is 0 Å². The summed E-state index contributed by atoms with van der Waals surface area (Å²) in [6.07, 6.45) is 3.25. The number of nitrogens with one attached hydrogen (secondary N) is 1. The molecular weight excluding hydrogens is 446 g/mol. The second-order valence-electron chi connectivity index (χ2n) is 9.73. The molecule has 2 unspecified atom stereocenters. The summed E-state index contributed by atoms with van der Waals surface area (Å²) in [6.45, 7) is 10.8. The zero-order valence-electron chi connectivity index (χ0n) is 20.7. The highest BCUT2D eigenvalue weighted by Crippen LogP contribution is 2.38. The number of nitrogens with zero attached hydrogens (tertiary/aromatic N) is 2. The lowest BCUT2D eigenvalue weighted by Crippen LogP contribution is -3.14. The molecule has 1 aromatic heterocycles. The Balaban J connectivity index is 1.60. The number of quaternary nitrogens is 1. The summed E-state index contributed by atoms with van der Waals surface area (Å²) < 4.78 is 11.3. The quantitative estimate of drug-likeness (QED) is 0.331. The van der Waals surface area contributed by atoms with E-state index in [0.29, 0.717) is 50.1 Å². The van der Waals surface area contributed by atoms with Crippen LogP contribution < -0.4 is 9.64 Å². The fourth-order valence-electron chi connectivity index (χ4n) is 4.75. The molecule has 0 saturated carbocycles. The van der Waals surface area contributed by atoms with E-state index in [1.807, 2.05) is 6.92 Å². The summed E-state index contributed by atoms with van der Waals surface area (Å²) in [7, 11) is 0. The molecule has 3 heterocycles. The summed E-state index contributed by atoms with van der Waals surface area (Å²) in [5.74, 6) is -1.58. The molecule has 0 spiro atoms. The molecule has 2 fully saturated rings. The smallest absolute Gasteiger partial charge is 0.291 e. The SMILES string of the molecule is Cc1cc(C(=O)C2C(=O)C(=O)N(CC[NH+]3CCOCC3)C2c2ccncc2)ccc1OCC(C)C. The van der Waals surface area contributed by atoms with Crippen LogP contribution in [0.15, 0.2) is 42.7 Å². The minimum Gasteiger partial charge on any atom is -0.493 e. The van der Waals surface area contributed by atoms with E-state index in [1.54, 1.807) is 47.6 Å². The first kappa shape index (κ1) is 25.0. The highest BCUT2D eigenvalue weighted by Gasteiger charge is 2.51. The van der Waals surface area contributed by atoms with Crippen LogP contribution in [0.1, 0.15) is 41.4 Å². The van der Waals surface area contributed by atoms with E-state index >= 15 is 0 Å². The topological polar surface area (TPSA) is 90.2 Å². The van der Waals surface area contributed by atoms with Gasteiger partial charge in [-0.2, -0.15) is 0 Å². The first-order valence-corrected chi connectivity index (χ1v) is 12.3. The number of ketones is 2. The second kappa shape index (κ2) is 11.1. The fourth-order valence-corrected chi connectivity index (χ4v) is 4.75. The van der Waals surface area contributed by atoms with Crippen molar-refractivity contribution < 1.29 is 28.8 Å². The normalized spacial score (nSPS) is 21.1. The van der Waals surface area contributed by atoms with E-state index in [0.717, 1.165) is 24.2 Å². The molecule has 0 aliphatic carbocycles. The molecule has 1 N–H and O–H groups in total. The van der Waals surface area contributed by atoms with Crippen LogP contribution in [0, 0.1) is 18.8 Å². The molecule has 0 bridgehead atoms. The highest BCUT2D eigenvalue weighted by atomic mass is 16.5. The van der Waals surface area contributed by atoms with Gasteiger partial charge in [0.05, 0.1) is 39.0 Å². The highest BCUT2D eigenvalue weighted by molar-refractivity contribution is 6.44. The Labute approximate surface area is 206 Å². The van der Waals surface area contributed by atoms with Gasteiger partial charge in [-0.25, -0.2) is 0 Å². The molecule has 35 heavy (non-hydrogen) atoms. The van der Waals surface area contributed by atoms with E-state index in [2.05, 4.69) is 18.8 Å². The number of morpholine rings is 1. The third-order valence-corrected chi connectivity index (χ3v) is 6.67. The van der Waals surface area contributed by atoms with E-state index in [1.165, 1.54) is 4.90 Å². The van der Waals surface area contributed by atoms with Gasteiger partial charge in [0.15, 0.2) is 5.78 Å². The molecule has 2 aromatic rings. The maximum Gasteiger partial charge on any atom is 0.291 e. The van der Waals surface area contributed by atoms with Crippen LogP contribution in [0.4, 0.5) is 0 Å². The molecule has 2 aliphatic heterocycles. The summed E-state index contributed by atoms with van der Waals surface area (Å²) in [5, 5.41) is 0. The third-order valence-electron chi connectivity index (χ3n) is 6.67. The number of benzene rings is 1. The standard InChI is InChI=1S/C27H33N3O5/c1-18(2)17-35-22-5-4-21(16-19(22)3)25(31)23-24(20-6-8-28-9-7-20)30(27(33)26(23)32)11-10-29-12-14-34-15-13-29/h4-9,16,18,23-24H,10-15,17H2,1-3H3/p+1. The van der Waals surface area contributed by atoms with Crippen LogP contribution in [-0.4, -0.2) is 73.4 Å². The van der Waals surface area contributed by atoms with Gasteiger partial charge in [-0.15, -0.1) is 0 Å². The van der Waals surface area contributed by atoms with Crippen LogP contribution in [0.2, 0.25) is 0 Å². The molecular formula is C27H34N3O5+. The maximum absolute atomic E-state index is 13.7. The molecule has 0 radical (unpaired) electrons. The van der Waals surface area contributed by atoms with Crippen molar-refractivity contribution in [1.82, 2.24) is 9.88 Å². The number of rotatable bonds is 9. The number of hydrogen-bond donors (Lipinski definition) is 1. The largest absolute Gasteiger partial charge is 0.493 e. The predicted octanol–water partition coefficient (Wildman–Crippen LogP) is 1.29. The number of Topliss-reactive ketones (excluding diaryl/α,β-unsaturated/α-hetero) is 2. The first-order valence-electron chi connectivity index (χ1n) is 12.3. The Morgan fingerprint density at radius 2 is 1.89 bits per heavy atom. The number of aryl methyl sites for hydroxylation is 1. The van der Waals surface area contributed by atoms with Gasteiger partial charge in [-0.1, -0.05) is 13.8 Å². The van der Waals surface area contributed by atoms with Crippen LogP contribution >= 0.6 is 0 Å². The fraction of sp³-hybridized carbons (Fsp3) is 0.481. The number of carbonyl (C=O) groups excluding carboxylic acids is 3. The third kappa shape index (κ3) is 5.60. The Morgan fingerprint density at radius 1 is 1.17 bits per heavy atom. The number of amides is 1. The lowest BCUT2D eigenvalue weighted by Gasteiger charge is -2.30. The Morgan fingerprint density at radius 3 is 2.54 bits per heavy atom. The minimum atomic E-state index is -1.09. The Kier molecular flexibility index (Phi) is 7.93. The van der Waals surface area contributed by atoms with Crippen LogP contribution in [-0.2, 0) is 14.3 Å². The number of hydrogen-bond acceptors (Lipinski definition) is 6. The monoisotopic (exact) mass is 480 g/mol. The van der Waals surface area contributed by atoms with E-state index in [9.17, 15) is 14.4 Å². The van der Waals surface area contributed by atoms with E-state index in [4.69, 9.17) is 9.47 Å². The number of pyridine rings is 1. The van der Waals surface area contributed by atoms with Crippen molar-refractivity contribution in [1.29, 1.82) is 0 Å². The second-order valence-corrected chi connectivity index (χ2v) is 9.73. The molecule has 186 valence electrons. The predicted molar refractivity (Wildman–Crippen MR) is 129 cm³/mol. The van der Waals surface area contributed by atoms with Crippen molar-refractivity contribution in [2.75, 3.05) is 46.0 Å². The molecule has 2 atom stereocenters. The van der Waals surface area contributed by atoms with Crippen LogP contribution in [0.5, 0.6) is 5.75 Å². The van der Waals surface area contributed by atoms with Gasteiger partial charge in [-0.3, -0.25) is 19.4 Å². The van der Waals surface area contributed by atoms with E-state index in [-0.39, 0.29) is 5.78 Å². The van der Waals surface area contributed by atoms with Gasteiger partial charge in [0, 0.05) is 18.0 Å². The van der Waals surface area contributed by atoms with Crippen molar-refractivity contribution in [2.24, 2.45) is 11.8 Å². The van der Waals surface area contributed by atoms with Gasteiger partial charge < -0.3 is 19.3 Å². The number of aromatic nitrogens is 1. The minimum absolute atomic E-state index is 0.343. The molecule has 2 aliphatic rings. The summed E-state index contributed by atoms with van der Waals surface area (Å²) in [5.41, 5.74) is 1.97. The van der Waals surface area contributed by atoms with Gasteiger partial charge in [0.1, 0.15) is 24.8 Å². The molecule has 8 heteroatoms. The average Bonchev–Trinajstić information content (AvgIpc) is 3.12. The summed E-state index contributed by atoms with van der Waals surface area (Å²) in [6, 6.07) is 8.11. The van der Waals surface area contributed by atoms with Crippen LogP contribution in [0.3, 0.4) is 0 Å². The lowest BCUT2D eigenvalue weighted by molar-refractivity contribution is -0.907. The van der Waals surface area contributed by atoms with Crippen molar-refractivity contribution in [2.45, 2.75) is 26.8 Å². The molecule has 8 nitrogen and oxygen atoms in total. The molecule has 4 rings (SSSR count). The average molecular weight is 481 g/mol. The van der Waals surface area contributed by atoms with E-state index < -0.39 is 23.7 Å². The zero-order chi connectivity index (χ0) is 24.9. The maximum atomic E-state index is 13.7. The Bertz CT molecular complexity index is 1070. The van der Waals surface area contributed by atoms with Gasteiger partial charge in [0.25, 0.3) is 5.91 Å². The summed E-state index contributed by atoms with van der Waals surface area (Å²) in [4.78, 5) is 47.0. The lowest BCUT2D eigenvalue weighted by atomic mass is 9.86. The summed E-state index contributed by atoms with van der Waals surface area (Å²) >= 11 is 0. The number of ether oxygens (including phenoxy) is 2. The zero-order valence-corrected chi connectivity index (χ0v) is 20.7. The number of likely N-dealkylation sites (tertiary alicyclic amines) is 1. The van der Waals surface area contributed by atoms with Crippen molar-refractivity contribution in [3.63, 3.8) is 0 Å². The van der Waals surface area contributed by atoms with Gasteiger partial charge in [-0.05, 0) is 54.3 Å². The van der Waals surface area contributed by atoms with Crippen LogP contribution in [0.25, 0.3) is 0 Å².